The molecule has 2 unspecified atom stereocenters. The van der Waals surface area contributed by atoms with Gasteiger partial charge in [0, 0.05) is 12.1 Å². The number of rotatable bonds is 3. The van der Waals surface area contributed by atoms with Gasteiger partial charge in [-0.25, -0.2) is 0 Å². The molecule has 0 aromatic heterocycles. The van der Waals surface area contributed by atoms with Crippen molar-refractivity contribution in [1.29, 1.82) is 0 Å². The SMILES string of the molecule is CC1CCCC(C)N1C(=O)CN1CCC(C(=O)O)CC1. The zero-order valence-electron chi connectivity index (χ0n) is 12.5. The lowest BCUT2D eigenvalue weighted by Gasteiger charge is -2.40. The van der Waals surface area contributed by atoms with Crippen LogP contribution in [0.2, 0.25) is 0 Å². The molecule has 2 aliphatic rings. The fraction of sp³-hybridized carbons (Fsp3) is 0.867. The van der Waals surface area contributed by atoms with E-state index in [1.807, 2.05) is 4.90 Å². The first-order chi connectivity index (χ1) is 9.49. The standard InChI is InChI=1S/C15H26N2O3/c1-11-4-3-5-12(2)17(11)14(18)10-16-8-6-13(7-9-16)15(19)20/h11-13H,3-10H2,1-2H3,(H,19,20). The quantitative estimate of drug-likeness (QED) is 0.853. The van der Waals surface area contributed by atoms with Crippen molar-refractivity contribution in [2.75, 3.05) is 19.6 Å². The van der Waals surface area contributed by atoms with E-state index in [1.54, 1.807) is 0 Å². The van der Waals surface area contributed by atoms with Gasteiger partial charge in [0.2, 0.25) is 5.91 Å². The van der Waals surface area contributed by atoms with E-state index in [0.29, 0.717) is 31.5 Å². The van der Waals surface area contributed by atoms with Crippen molar-refractivity contribution >= 4 is 11.9 Å². The van der Waals surface area contributed by atoms with Gasteiger partial charge in [-0.15, -0.1) is 0 Å². The van der Waals surface area contributed by atoms with Crippen LogP contribution in [0.25, 0.3) is 0 Å². The number of carbonyl (C=O) groups is 2. The third kappa shape index (κ3) is 3.51. The number of likely N-dealkylation sites (tertiary alicyclic amines) is 2. The topological polar surface area (TPSA) is 60.9 Å². The van der Waals surface area contributed by atoms with Crippen LogP contribution in [0.15, 0.2) is 0 Å². The van der Waals surface area contributed by atoms with Gasteiger partial charge in [-0.3, -0.25) is 14.5 Å². The van der Waals surface area contributed by atoms with Crippen LogP contribution in [0.5, 0.6) is 0 Å². The third-order valence-corrected chi connectivity index (χ3v) is 4.78. The highest BCUT2D eigenvalue weighted by Crippen LogP contribution is 2.23. The average Bonchev–Trinajstić information content (AvgIpc) is 2.39. The normalized spacial score (nSPS) is 29.4. The van der Waals surface area contributed by atoms with Gasteiger partial charge in [0.15, 0.2) is 0 Å². The Balaban J connectivity index is 1.84. The molecule has 2 saturated heterocycles. The Bertz CT molecular complexity index is 354. The van der Waals surface area contributed by atoms with E-state index in [9.17, 15) is 9.59 Å². The van der Waals surface area contributed by atoms with Gasteiger partial charge in [-0.1, -0.05) is 0 Å². The number of hydrogen-bond donors (Lipinski definition) is 1. The Labute approximate surface area is 120 Å². The second-order valence-corrected chi connectivity index (χ2v) is 6.32. The molecule has 1 N–H and O–H groups in total. The van der Waals surface area contributed by atoms with E-state index in [4.69, 9.17) is 5.11 Å². The Hall–Kier alpha value is -1.10. The molecule has 0 bridgehead atoms. The summed E-state index contributed by atoms with van der Waals surface area (Å²) in [5, 5.41) is 8.99. The van der Waals surface area contributed by atoms with E-state index < -0.39 is 5.97 Å². The highest BCUT2D eigenvalue weighted by Gasteiger charge is 2.31. The van der Waals surface area contributed by atoms with Crippen molar-refractivity contribution in [3.8, 4) is 0 Å². The summed E-state index contributed by atoms with van der Waals surface area (Å²) in [6, 6.07) is 0.672. The Morgan fingerprint density at radius 2 is 1.60 bits per heavy atom. The van der Waals surface area contributed by atoms with Gasteiger partial charge >= 0.3 is 5.97 Å². The molecular weight excluding hydrogens is 256 g/mol. The van der Waals surface area contributed by atoms with Gasteiger partial charge in [-0.05, 0) is 59.0 Å². The molecule has 2 rings (SSSR count). The van der Waals surface area contributed by atoms with Crippen LogP contribution in [-0.4, -0.2) is 58.5 Å². The maximum Gasteiger partial charge on any atom is 0.306 e. The van der Waals surface area contributed by atoms with Crippen LogP contribution in [0, 0.1) is 5.92 Å². The highest BCUT2D eigenvalue weighted by molar-refractivity contribution is 5.79. The summed E-state index contributed by atoms with van der Waals surface area (Å²) >= 11 is 0. The third-order valence-electron chi connectivity index (χ3n) is 4.78. The minimum absolute atomic E-state index is 0.207. The molecule has 5 nitrogen and oxygen atoms in total. The number of nitrogens with zero attached hydrogens (tertiary/aromatic N) is 2. The zero-order chi connectivity index (χ0) is 14.7. The molecule has 0 radical (unpaired) electrons. The fourth-order valence-electron chi connectivity index (χ4n) is 3.52. The molecule has 0 aromatic carbocycles. The number of carboxylic acid groups (broad SMARTS) is 1. The second kappa shape index (κ2) is 6.57. The average molecular weight is 282 g/mol. The molecule has 0 aliphatic carbocycles. The van der Waals surface area contributed by atoms with Gasteiger partial charge in [0.05, 0.1) is 12.5 Å². The minimum Gasteiger partial charge on any atom is -0.481 e. The Kier molecular flexibility index (Phi) is 5.02. The first-order valence-electron chi connectivity index (χ1n) is 7.75. The molecular formula is C15H26N2O3. The summed E-state index contributed by atoms with van der Waals surface area (Å²) in [4.78, 5) is 27.5. The molecule has 5 heteroatoms. The maximum atomic E-state index is 12.5. The van der Waals surface area contributed by atoms with Gasteiger partial charge in [0.1, 0.15) is 0 Å². The lowest BCUT2D eigenvalue weighted by atomic mass is 9.96. The molecule has 0 aromatic rings. The fourth-order valence-corrected chi connectivity index (χ4v) is 3.52. The van der Waals surface area contributed by atoms with Gasteiger partial charge in [-0.2, -0.15) is 0 Å². The molecule has 2 fully saturated rings. The van der Waals surface area contributed by atoms with Crippen LogP contribution < -0.4 is 0 Å². The van der Waals surface area contributed by atoms with E-state index in [-0.39, 0.29) is 11.8 Å². The smallest absolute Gasteiger partial charge is 0.306 e. The molecule has 2 atom stereocenters. The van der Waals surface area contributed by atoms with E-state index >= 15 is 0 Å². The van der Waals surface area contributed by atoms with E-state index in [0.717, 1.165) is 25.9 Å². The highest BCUT2D eigenvalue weighted by atomic mass is 16.4. The first-order valence-corrected chi connectivity index (χ1v) is 7.75. The van der Waals surface area contributed by atoms with Crippen LogP contribution in [0.3, 0.4) is 0 Å². The number of aliphatic carboxylic acids is 1. The van der Waals surface area contributed by atoms with E-state index in [2.05, 4.69) is 18.7 Å². The molecule has 2 aliphatic heterocycles. The van der Waals surface area contributed by atoms with Crippen molar-refractivity contribution in [3.63, 3.8) is 0 Å². The number of amides is 1. The van der Waals surface area contributed by atoms with Crippen molar-refractivity contribution in [1.82, 2.24) is 9.80 Å². The first kappa shape index (κ1) is 15.3. The lowest BCUT2D eigenvalue weighted by molar-refractivity contribution is -0.143. The molecule has 0 saturated carbocycles. The lowest BCUT2D eigenvalue weighted by Crippen LogP contribution is -2.52. The van der Waals surface area contributed by atoms with Crippen molar-refractivity contribution in [2.45, 2.75) is 58.0 Å². The summed E-state index contributed by atoms with van der Waals surface area (Å²) in [5.74, 6) is -0.720. The van der Waals surface area contributed by atoms with Crippen molar-refractivity contribution in [3.05, 3.63) is 0 Å². The Morgan fingerprint density at radius 3 is 2.10 bits per heavy atom. The monoisotopic (exact) mass is 282 g/mol. The summed E-state index contributed by atoms with van der Waals surface area (Å²) in [6.45, 7) is 6.15. The number of carbonyl (C=O) groups excluding carboxylic acids is 1. The summed E-state index contributed by atoms with van der Waals surface area (Å²) in [5.41, 5.74) is 0. The van der Waals surface area contributed by atoms with Gasteiger partial charge in [0.25, 0.3) is 0 Å². The molecule has 0 spiro atoms. The number of hydrogen-bond acceptors (Lipinski definition) is 3. The van der Waals surface area contributed by atoms with E-state index in [1.165, 1.54) is 6.42 Å². The van der Waals surface area contributed by atoms with Crippen LogP contribution in [0.1, 0.15) is 46.0 Å². The van der Waals surface area contributed by atoms with Crippen LogP contribution in [-0.2, 0) is 9.59 Å². The molecule has 20 heavy (non-hydrogen) atoms. The largest absolute Gasteiger partial charge is 0.481 e. The van der Waals surface area contributed by atoms with Crippen molar-refractivity contribution < 1.29 is 14.7 Å². The zero-order valence-corrected chi connectivity index (χ0v) is 12.5. The molecule has 1 amide bonds. The minimum atomic E-state index is -0.700. The molecule has 2 heterocycles. The maximum absolute atomic E-state index is 12.5. The van der Waals surface area contributed by atoms with Crippen LogP contribution >= 0.6 is 0 Å². The summed E-state index contributed by atoms with van der Waals surface area (Å²) in [7, 11) is 0. The predicted octanol–water partition coefficient (Wildman–Crippen LogP) is 1.57. The summed E-state index contributed by atoms with van der Waals surface area (Å²) < 4.78 is 0. The van der Waals surface area contributed by atoms with Crippen molar-refractivity contribution in [2.24, 2.45) is 5.92 Å². The summed E-state index contributed by atoms with van der Waals surface area (Å²) in [6.07, 6.45) is 4.71. The number of carboxylic acids is 1. The second-order valence-electron chi connectivity index (χ2n) is 6.32. The van der Waals surface area contributed by atoms with Crippen LogP contribution in [0.4, 0.5) is 0 Å². The molecule has 114 valence electrons. The Morgan fingerprint density at radius 1 is 1.05 bits per heavy atom. The number of piperidine rings is 2. The predicted molar refractivity (Wildman–Crippen MR) is 76.4 cm³/mol. The van der Waals surface area contributed by atoms with Gasteiger partial charge < -0.3 is 10.0 Å².